The van der Waals surface area contributed by atoms with Crippen LogP contribution in [-0.4, -0.2) is 25.0 Å². The van der Waals surface area contributed by atoms with E-state index in [1.54, 1.807) is 30.3 Å². The van der Waals surface area contributed by atoms with Crippen LogP contribution < -0.4 is 14.8 Å². The fourth-order valence-corrected chi connectivity index (χ4v) is 2.48. The standard InChI is InChI=1S/C20H22ClNO4/c1-3-25-17-8-5-4-7-15(17)20(24)22-12-6-9-19(23)26-18-13-14(2)10-11-16(18)21/h4-5,7-8,10-11,13H,3,6,9,12H2,1-2H3,(H,22,24). The van der Waals surface area contributed by atoms with Crippen molar-refractivity contribution in [2.45, 2.75) is 26.7 Å². The molecule has 2 aromatic carbocycles. The van der Waals surface area contributed by atoms with Gasteiger partial charge in [-0.2, -0.15) is 0 Å². The maximum atomic E-state index is 12.2. The molecule has 5 nitrogen and oxygen atoms in total. The highest BCUT2D eigenvalue weighted by Gasteiger charge is 2.12. The van der Waals surface area contributed by atoms with E-state index in [0.717, 1.165) is 5.56 Å². The predicted octanol–water partition coefficient (Wildman–Crippen LogP) is 4.16. The Balaban J connectivity index is 1.79. The molecule has 0 unspecified atom stereocenters. The van der Waals surface area contributed by atoms with Crippen molar-refractivity contribution in [3.8, 4) is 11.5 Å². The Labute approximate surface area is 158 Å². The zero-order valence-corrected chi connectivity index (χ0v) is 15.6. The lowest BCUT2D eigenvalue weighted by molar-refractivity contribution is -0.134. The van der Waals surface area contributed by atoms with E-state index in [0.29, 0.717) is 41.7 Å². The third kappa shape index (κ3) is 5.77. The van der Waals surface area contributed by atoms with E-state index in [-0.39, 0.29) is 18.3 Å². The minimum atomic E-state index is -0.388. The van der Waals surface area contributed by atoms with Gasteiger partial charge in [-0.1, -0.05) is 29.8 Å². The Bertz CT molecular complexity index is 776. The van der Waals surface area contributed by atoms with Gasteiger partial charge in [0.1, 0.15) is 11.5 Å². The summed E-state index contributed by atoms with van der Waals surface area (Å²) in [4.78, 5) is 24.1. The molecular weight excluding hydrogens is 354 g/mol. The quantitative estimate of drug-likeness (QED) is 0.427. The van der Waals surface area contributed by atoms with E-state index in [1.165, 1.54) is 0 Å². The Morgan fingerprint density at radius 2 is 1.88 bits per heavy atom. The normalized spacial score (nSPS) is 10.3. The van der Waals surface area contributed by atoms with Crippen LogP contribution in [0.5, 0.6) is 11.5 Å². The number of carbonyl (C=O) groups is 2. The first-order valence-corrected chi connectivity index (χ1v) is 8.86. The molecule has 0 heterocycles. The summed E-state index contributed by atoms with van der Waals surface area (Å²) in [5, 5.41) is 3.18. The zero-order chi connectivity index (χ0) is 18.9. The van der Waals surface area contributed by atoms with Crippen LogP contribution in [-0.2, 0) is 4.79 Å². The Hall–Kier alpha value is -2.53. The van der Waals surface area contributed by atoms with Crippen molar-refractivity contribution in [2.75, 3.05) is 13.2 Å². The van der Waals surface area contributed by atoms with Crippen molar-refractivity contribution in [2.24, 2.45) is 0 Å². The third-order valence-electron chi connectivity index (χ3n) is 3.59. The highest BCUT2D eigenvalue weighted by Crippen LogP contribution is 2.25. The molecule has 1 amide bonds. The molecule has 0 radical (unpaired) electrons. The van der Waals surface area contributed by atoms with E-state index in [9.17, 15) is 9.59 Å². The average molecular weight is 376 g/mol. The van der Waals surface area contributed by atoms with Gasteiger partial charge in [-0.25, -0.2) is 0 Å². The Kier molecular flexibility index (Phi) is 7.48. The summed E-state index contributed by atoms with van der Waals surface area (Å²) in [6.45, 7) is 4.59. The van der Waals surface area contributed by atoms with E-state index in [2.05, 4.69) is 5.32 Å². The van der Waals surface area contributed by atoms with Crippen molar-refractivity contribution in [3.63, 3.8) is 0 Å². The number of hydrogen-bond donors (Lipinski definition) is 1. The summed E-state index contributed by atoms with van der Waals surface area (Å²) in [5.74, 6) is 0.276. The molecule has 26 heavy (non-hydrogen) atoms. The van der Waals surface area contributed by atoms with Crippen LogP contribution in [0.1, 0.15) is 35.7 Å². The number of ether oxygens (including phenoxy) is 2. The lowest BCUT2D eigenvalue weighted by Gasteiger charge is -2.10. The monoisotopic (exact) mass is 375 g/mol. The lowest BCUT2D eigenvalue weighted by Crippen LogP contribution is -2.25. The van der Waals surface area contributed by atoms with Crippen LogP contribution in [0.15, 0.2) is 42.5 Å². The van der Waals surface area contributed by atoms with E-state index < -0.39 is 0 Å². The molecule has 0 saturated carbocycles. The molecule has 0 bridgehead atoms. The van der Waals surface area contributed by atoms with Crippen molar-refractivity contribution in [3.05, 3.63) is 58.6 Å². The number of para-hydroxylation sites is 1. The topological polar surface area (TPSA) is 64.6 Å². The number of rotatable bonds is 8. The first-order chi connectivity index (χ1) is 12.5. The second-order valence-electron chi connectivity index (χ2n) is 5.70. The summed E-state index contributed by atoms with van der Waals surface area (Å²) in [6, 6.07) is 12.3. The molecule has 138 valence electrons. The fourth-order valence-electron chi connectivity index (χ4n) is 2.33. The van der Waals surface area contributed by atoms with Gasteiger partial charge in [-0.15, -0.1) is 0 Å². The molecule has 0 saturated heterocycles. The summed E-state index contributed by atoms with van der Waals surface area (Å²) < 4.78 is 10.7. The van der Waals surface area contributed by atoms with Gasteiger partial charge in [-0.3, -0.25) is 9.59 Å². The maximum Gasteiger partial charge on any atom is 0.311 e. The van der Waals surface area contributed by atoms with Crippen molar-refractivity contribution in [1.82, 2.24) is 5.32 Å². The van der Waals surface area contributed by atoms with Crippen molar-refractivity contribution >= 4 is 23.5 Å². The van der Waals surface area contributed by atoms with E-state index in [4.69, 9.17) is 21.1 Å². The molecule has 1 N–H and O–H groups in total. The van der Waals surface area contributed by atoms with Crippen LogP contribution >= 0.6 is 11.6 Å². The van der Waals surface area contributed by atoms with Crippen LogP contribution in [0.4, 0.5) is 0 Å². The van der Waals surface area contributed by atoms with E-state index in [1.807, 2.05) is 26.0 Å². The highest BCUT2D eigenvalue weighted by atomic mass is 35.5. The van der Waals surface area contributed by atoms with Gasteiger partial charge in [0.25, 0.3) is 5.91 Å². The first kappa shape index (κ1) is 19.8. The van der Waals surface area contributed by atoms with Gasteiger partial charge >= 0.3 is 5.97 Å². The minimum Gasteiger partial charge on any atom is -0.493 e. The summed E-state index contributed by atoms with van der Waals surface area (Å²) in [6.07, 6.45) is 0.641. The number of aryl methyl sites for hydroxylation is 1. The number of halogens is 1. The Morgan fingerprint density at radius 3 is 2.65 bits per heavy atom. The highest BCUT2D eigenvalue weighted by molar-refractivity contribution is 6.32. The molecule has 6 heteroatoms. The number of benzene rings is 2. The second-order valence-corrected chi connectivity index (χ2v) is 6.10. The van der Waals surface area contributed by atoms with Crippen molar-refractivity contribution < 1.29 is 19.1 Å². The molecule has 0 atom stereocenters. The van der Waals surface area contributed by atoms with Gasteiger partial charge in [0.15, 0.2) is 0 Å². The summed E-state index contributed by atoms with van der Waals surface area (Å²) >= 11 is 6.01. The van der Waals surface area contributed by atoms with Gasteiger partial charge in [0, 0.05) is 13.0 Å². The summed E-state index contributed by atoms with van der Waals surface area (Å²) in [5.41, 5.74) is 1.43. The van der Waals surface area contributed by atoms with Gasteiger partial charge in [-0.05, 0) is 50.1 Å². The van der Waals surface area contributed by atoms with Gasteiger partial charge < -0.3 is 14.8 Å². The molecule has 2 aromatic rings. The average Bonchev–Trinajstić information content (AvgIpc) is 2.62. The molecule has 0 aliphatic carbocycles. The van der Waals surface area contributed by atoms with Gasteiger partial charge in [0.2, 0.25) is 0 Å². The fraction of sp³-hybridized carbons (Fsp3) is 0.300. The van der Waals surface area contributed by atoms with Gasteiger partial charge in [0.05, 0.1) is 17.2 Å². The number of hydrogen-bond acceptors (Lipinski definition) is 4. The van der Waals surface area contributed by atoms with Crippen LogP contribution in [0, 0.1) is 6.92 Å². The molecule has 0 aliphatic rings. The maximum absolute atomic E-state index is 12.2. The summed E-state index contributed by atoms with van der Waals surface area (Å²) in [7, 11) is 0. The largest absolute Gasteiger partial charge is 0.493 e. The zero-order valence-electron chi connectivity index (χ0n) is 14.9. The molecule has 2 rings (SSSR count). The van der Waals surface area contributed by atoms with Crippen LogP contribution in [0.3, 0.4) is 0 Å². The third-order valence-corrected chi connectivity index (χ3v) is 3.90. The smallest absolute Gasteiger partial charge is 0.311 e. The van der Waals surface area contributed by atoms with Crippen molar-refractivity contribution in [1.29, 1.82) is 0 Å². The number of esters is 1. The lowest BCUT2D eigenvalue weighted by atomic mass is 10.2. The number of nitrogens with one attached hydrogen (secondary N) is 1. The molecular formula is C20H22ClNO4. The predicted molar refractivity (Wildman–Crippen MR) is 101 cm³/mol. The van der Waals surface area contributed by atoms with E-state index >= 15 is 0 Å². The minimum absolute atomic E-state index is 0.178. The number of amides is 1. The van der Waals surface area contributed by atoms with Crippen LogP contribution in [0.25, 0.3) is 0 Å². The van der Waals surface area contributed by atoms with Crippen LogP contribution in [0.2, 0.25) is 5.02 Å². The second kappa shape index (κ2) is 9.82. The molecule has 0 aliphatic heterocycles. The first-order valence-electron chi connectivity index (χ1n) is 8.48. The molecule has 0 spiro atoms. The Morgan fingerprint density at radius 1 is 1.12 bits per heavy atom. The SMILES string of the molecule is CCOc1ccccc1C(=O)NCCCC(=O)Oc1cc(C)ccc1Cl. The molecule has 0 fully saturated rings. The number of carbonyl (C=O) groups excluding carboxylic acids is 2. The molecule has 0 aromatic heterocycles.